The van der Waals surface area contributed by atoms with Crippen LogP contribution in [0.15, 0.2) is 4.99 Å². The van der Waals surface area contributed by atoms with Gasteiger partial charge in [0.15, 0.2) is 0 Å². The van der Waals surface area contributed by atoms with Crippen molar-refractivity contribution in [3.8, 4) is 0 Å². The molecule has 0 aromatic heterocycles. The molecule has 1 saturated carbocycles. The molecule has 0 N–H and O–H groups in total. The van der Waals surface area contributed by atoms with Crippen LogP contribution in [-0.4, -0.2) is 23.6 Å². The molecule has 0 spiro atoms. The van der Waals surface area contributed by atoms with Gasteiger partial charge in [0.2, 0.25) is 6.08 Å². The lowest BCUT2D eigenvalue weighted by molar-refractivity contribution is 0.556. The maximum Gasteiger partial charge on any atom is 0.234 e. The Bertz CT molecular complexity index is 169. The van der Waals surface area contributed by atoms with Crippen LogP contribution in [-0.2, 0) is 4.79 Å². The summed E-state index contributed by atoms with van der Waals surface area (Å²) in [5.74, 6) is 0. The molecule has 2 nitrogen and oxygen atoms in total. The lowest BCUT2D eigenvalue weighted by Crippen LogP contribution is -2.23. The number of hydrogen-bond acceptors (Lipinski definition) is 3. The van der Waals surface area contributed by atoms with Crippen LogP contribution in [0.5, 0.6) is 0 Å². The average Bonchev–Trinajstić information content (AvgIpc) is 2.50. The fraction of sp³-hybridized carbons (Fsp3) is 0.875. The van der Waals surface area contributed by atoms with Crippen molar-refractivity contribution in [2.75, 3.05) is 12.8 Å². The van der Waals surface area contributed by atoms with E-state index in [1.807, 2.05) is 11.8 Å². The highest BCUT2D eigenvalue weighted by Crippen LogP contribution is 2.40. The van der Waals surface area contributed by atoms with E-state index in [1.165, 1.54) is 25.7 Å². The monoisotopic (exact) mass is 171 g/mol. The summed E-state index contributed by atoms with van der Waals surface area (Å²) in [6, 6.07) is 0. The van der Waals surface area contributed by atoms with E-state index in [2.05, 4.69) is 11.2 Å². The molecule has 11 heavy (non-hydrogen) atoms. The number of thioether (sulfide) groups is 1. The van der Waals surface area contributed by atoms with E-state index in [1.54, 1.807) is 6.08 Å². The topological polar surface area (TPSA) is 29.4 Å². The quantitative estimate of drug-likeness (QED) is 0.480. The minimum absolute atomic E-state index is 0.275. The van der Waals surface area contributed by atoms with Crippen molar-refractivity contribution in [3.05, 3.63) is 0 Å². The van der Waals surface area contributed by atoms with E-state index in [-0.39, 0.29) is 4.75 Å². The summed E-state index contributed by atoms with van der Waals surface area (Å²) in [7, 11) is 0. The van der Waals surface area contributed by atoms with Crippen LogP contribution in [0.1, 0.15) is 25.7 Å². The highest BCUT2D eigenvalue weighted by atomic mass is 32.2. The third-order valence-corrected chi connectivity index (χ3v) is 3.78. The molecule has 0 saturated heterocycles. The summed E-state index contributed by atoms with van der Waals surface area (Å²) >= 11 is 1.85. The Hall–Kier alpha value is -0.270. The Morgan fingerprint density at radius 1 is 1.55 bits per heavy atom. The molecule has 0 radical (unpaired) electrons. The molecule has 62 valence electrons. The molecule has 3 heteroatoms. The van der Waals surface area contributed by atoms with Gasteiger partial charge in [-0.3, -0.25) is 0 Å². The zero-order chi connectivity index (χ0) is 8.16. The molecule has 0 aliphatic heterocycles. The van der Waals surface area contributed by atoms with E-state index in [9.17, 15) is 4.79 Å². The van der Waals surface area contributed by atoms with Crippen molar-refractivity contribution in [1.82, 2.24) is 0 Å². The molecular formula is C8H13NOS. The largest absolute Gasteiger partial charge is 0.234 e. The standard InChI is InChI=1S/C8H13NOS/c1-11-8(6-9-7-10)4-2-3-5-8/h2-6H2,1H3. The van der Waals surface area contributed by atoms with Gasteiger partial charge >= 0.3 is 0 Å². The van der Waals surface area contributed by atoms with Crippen LogP contribution in [0.25, 0.3) is 0 Å². The molecular weight excluding hydrogens is 158 g/mol. The summed E-state index contributed by atoms with van der Waals surface area (Å²) in [5, 5.41) is 0. The highest BCUT2D eigenvalue weighted by molar-refractivity contribution is 8.00. The normalized spacial score (nSPS) is 21.2. The third-order valence-electron chi connectivity index (χ3n) is 2.38. The van der Waals surface area contributed by atoms with Crippen LogP contribution in [0.4, 0.5) is 0 Å². The molecule has 0 aromatic carbocycles. The number of aliphatic imine (C=N–C) groups is 1. The van der Waals surface area contributed by atoms with Crippen LogP contribution < -0.4 is 0 Å². The number of isocyanates is 1. The predicted molar refractivity (Wildman–Crippen MR) is 47.7 cm³/mol. The lowest BCUT2D eigenvalue weighted by atomic mass is 10.1. The smallest absolute Gasteiger partial charge is 0.211 e. The molecule has 0 amide bonds. The molecule has 1 aliphatic carbocycles. The summed E-state index contributed by atoms with van der Waals surface area (Å²) < 4.78 is 0.275. The summed E-state index contributed by atoms with van der Waals surface area (Å²) in [6.07, 6.45) is 8.71. The summed E-state index contributed by atoms with van der Waals surface area (Å²) in [5.41, 5.74) is 0. The van der Waals surface area contributed by atoms with Crippen LogP contribution in [0, 0.1) is 0 Å². The maximum absolute atomic E-state index is 9.92. The Balaban J connectivity index is 2.51. The van der Waals surface area contributed by atoms with Gasteiger partial charge in [0, 0.05) is 4.75 Å². The molecule has 0 heterocycles. The van der Waals surface area contributed by atoms with Gasteiger partial charge in [0.1, 0.15) is 0 Å². The number of carbonyl (C=O) groups excluding carboxylic acids is 1. The van der Waals surface area contributed by atoms with Gasteiger partial charge in [-0.25, -0.2) is 9.79 Å². The first-order chi connectivity index (χ1) is 5.33. The molecule has 1 fully saturated rings. The van der Waals surface area contributed by atoms with Gasteiger partial charge in [-0.1, -0.05) is 12.8 Å². The van der Waals surface area contributed by atoms with E-state index >= 15 is 0 Å². The number of rotatable bonds is 3. The molecule has 0 atom stereocenters. The van der Waals surface area contributed by atoms with Crippen molar-refractivity contribution in [3.63, 3.8) is 0 Å². The minimum Gasteiger partial charge on any atom is -0.211 e. The minimum atomic E-state index is 0.275. The van der Waals surface area contributed by atoms with E-state index in [0.29, 0.717) is 6.54 Å². The van der Waals surface area contributed by atoms with E-state index in [4.69, 9.17) is 0 Å². The Labute approximate surface area is 71.5 Å². The van der Waals surface area contributed by atoms with Gasteiger partial charge in [-0.2, -0.15) is 11.8 Å². The van der Waals surface area contributed by atoms with Crippen LogP contribution >= 0.6 is 11.8 Å². The summed E-state index contributed by atoms with van der Waals surface area (Å²) in [4.78, 5) is 13.6. The van der Waals surface area contributed by atoms with Crippen molar-refractivity contribution < 1.29 is 4.79 Å². The maximum atomic E-state index is 9.92. The van der Waals surface area contributed by atoms with Gasteiger partial charge in [-0.05, 0) is 19.1 Å². The Morgan fingerprint density at radius 3 is 2.64 bits per heavy atom. The lowest BCUT2D eigenvalue weighted by Gasteiger charge is -2.22. The Kier molecular flexibility index (Phi) is 3.16. The highest BCUT2D eigenvalue weighted by Gasteiger charge is 2.32. The van der Waals surface area contributed by atoms with Crippen molar-refractivity contribution in [1.29, 1.82) is 0 Å². The zero-order valence-corrected chi connectivity index (χ0v) is 7.62. The Morgan fingerprint density at radius 2 is 2.18 bits per heavy atom. The van der Waals surface area contributed by atoms with Crippen LogP contribution in [0.3, 0.4) is 0 Å². The van der Waals surface area contributed by atoms with E-state index in [0.717, 1.165) is 0 Å². The van der Waals surface area contributed by atoms with Crippen LogP contribution in [0.2, 0.25) is 0 Å². The second-order valence-electron chi connectivity index (χ2n) is 3.00. The number of nitrogens with zero attached hydrogens (tertiary/aromatic N) is 1. The zero-order valence-electron chi connectivity index (χ0n) is 6.80. The fourth-order valence-electron chi connectivity index (χ4n) is 1.62. The first-order valence-corrected chi connectivity index (χ1v) is 5.14. The molecule has 1 aliphatic rings. The van der Waals surface area contributed by atoms with Gasteiger partial charge in [0.05, 0.1) is 6.54 Å². The van der Waals surface area contributed by atoms with Crippen molar-refractivity contribution in [2.45, 2.75) is 30.4 Å². The SMILES string of the molecule is CSC1(CN=C=O)CCCC1. The van der Waals surface area contributed by atoms with Gasteiger partial charge in [-0.15, -0.1) is 0 Å². The van der Waals surface area contributed by atoms with Gasteiger partial charge in [0.25, 0.3) is 0 Å². The second kappa shape index (κ2) is 3.93. The predicted octanol–water partition coefficient (Wildman–Crippen LogP) is 2.00. The first-order valence-electron chi connectivity index (χ1n) is 3.92. The third kappa shape index (κ3) is 2.08. The van der Waals surface area contributed by atoms with Crippen molar-refractivity contribution >= 4 is 17.8 Å². The fourth-order valence-corrected chi connectivity index (χ4v) is 2.51. The molecule has 0 unspecified atom stereocenters. The van der Waals surface area contributed by atoms with E-state index < -0.39 is 0 Å². The molecule has 0 bridgehead atoms. The average molecular weight is 171 g/mol. The van der Waals surface area contributed by atoms with Gasteiger partial charge < -0.3 is 0 Å². The summed E-state index contributed by atoms with van der Waals surface area (Å²) in [6.45, 7) is 0.664. The second-order valence-corrected chi connectivity index (χ2v) is 4.28. The van der Waals surface area contributed by atoms with Crippen molar-refractivity contribution in [2.24, 2.45) is 4.99 Å². The number of hydrogen-bond donors (Lipinski definition) is 0. The molecule has 0 aromatic rings. The molecule has 1 rings (SSSR count). The first kappa shape index (κ1) is 8.82.